The van der Waals surface area contributed by atoms with Gasteiger partial charge in [0.1, 0.15) is 0 Å². The molecule has 0 aromatic rings. The largest absolute Gasteiger partial charge is 0.391 e. The lowest BCUT2D eigenvalue weighted by Crippen LogP contribution is -2.45. The van der Waals surface area contributed by atoms with Crippen LogP contribution < -0.4 is 16.8 Å². The Hall–Kier alpha value is -1.08. The summed E-state index contributed by atoms with van der Waals surface area (Å²) < 4.78 is 37.7. The highest BCUT2D eigenvalue weighted by Gasteiger charge is 2.41. The van der Waals surface area contributed by atoms with Crippen molar-refractivity contribution < 1.29 is 18.0 Å². The van der Waals surface area contributed by atoms with Gasteiger partial charge >= 0.3 is 6.18 Å². The molecule has 120 valence electrons. The Balaban J connectivity index is 1.84. The second-order valence-corrected chi connectivity index (χ2v) is 6.04. The fraction of sp³-hybridized carbons (Fsp3) is 0.786. The average molecular weight is 305 g/mol. The Morgan fingerprint density at radius 1 is 1.14 bits per heavy atom. The van der Waals surface area contributed by atoms with Crippen molar-refractivity contribution in [3.63, 3.8) is 0 Å². The number of alkyl halides is 3. The van der Waals surface area contributed by atoms with Crippen molar-refractivity contribution >= 4 is 5.91 Å². The predicted molar refractivity (Wildman–Crippen MR) is 73.2 cm³/mol. The van der Waals surface area contributed by atoms with Gasteiger partial charge in [-0.05, 0) is 38.5 Å². The normalized spacial score (nSPS) is 34.2. The summed E-state index contributed by atoms with van der Waals surface area (Å²) >= 11 is 0. The highest BCUT2D eigenvalue weighted by atomic mass is 19.4. The highest BCUT2D eigenvalue weighted by molar-refractivity contribution is 5.93. The molecule has 2 atom stereocenters. The first-order valence-corrected chi connectivity index (χ1v) is 7.37. The van der Waals surface area contributed by atoms with Gasteiger partial charge in [-0.15, -0.1) is 0 Å². The second-order valence-electron chi connectivity index (χ2n) is 6.04. The van der Waals surface area contributed by atoms with Crippen molar-refractivity contribution in [3.05, 3.63) is 11.6 Å². The van der Waals surface area contributed by atoms with Gasteiger partial charge in [0.25, 0.3) is 0 Å². The van der Waals surface area contributed by atoms with Crippen molar-refractivity contribution in [3.8, 4) is 0 Å². The number of carbonyl (C=O) groups excluding carboxylic acids is 1. The van der Waals surface area contributed by atoms with Crippen molar-refractivity contribution in [2.75, 3.05) is 0 Å². The van der Waals surface area contributed by atoms with Crippen LogP contribution in [0, 0.1) is 5.92 Å². The van der Waals surface area contributed by atoms with E-state index in [2.05, 4.69) is 5.32 Å². The molecule has 0 heterocycles. The minimum atomic E-state index is -4.12. The standard InChI is InChI=1S/C14H22F3N3O/c15-14(16,17)9-2-4-10(5-3-9)20-13(21)8-1-6-11(18)12(19)7-8/h7,9-12H,1-6,18-19H2,(H,20,21)/t9-,10+,11?,12?. The molecule has 2 unspecified atom stereocenters. The monoisotopic (exact) mass is 305 g/mol. The minimum Gasteiger partial charge on any atom is -0.350 e. The van der Waals surface area contributed by atoms with Crippen LogP contribution in [0.3, 0.4) is 0 Å². The fourth-order valence-corrected chi connectivity index (χ4v) is 2.99. The van der Waals surface area contributed by atoms with Crippen LogP contribution in [-0.2, 0) is 4.79 Å². The van der Waals surface area contributed by atoms with E-state index in [1.165, 1.54) is 0 Å². The Morgan fingerprint density at radius 3 is 2.29 bits per heavy atom. The molecule has 0 aliphatic heterocycles. The highest BCUT2D eigenvalue weighted by Crippen LogP contribution is 2.37. The van der Waals surface area contributed by atoms with Crippen LogP contribution in [-0.4, -0.2) is 30.2 Å². The fourth-order valence-electron chi connectivity index (χ4n) is 2.99. The maximum absolute atomic E-state index is 12.6. The van der Waals surface area contributed by atoms with Crippen molar-refractivity contribution in [2.45, 2.75) is 62.8 Å². The molecule has 0 aromatic carbocycles. The molecular formula is C14H22F3N3O. The molecular weight excluding hydrogens is 283 g/mol. The zero-order valence-corrected chi connectivity index (χ0v) is 11.8. The van der Waals surface area contributed by atoms with E-state index in [1.54, 1.807) is 6.08 Å². The Labute approximate surface area is 122 Å². The van der Waals surface area contributed by atoms with E-state index >= 15 is 0 Å². The summed E-state index contributed by atoms with van der Waals surface area (Å²) in [4.78, 5) is 12.1. The molecule has 2 aliphatic carbocycles. The van der Waals surface area contributed by atoms with E-state index in [0.717, 1.165) is 0 Å². The molecule has 7 heteroatoms. The summed E-state index contributed by atoms with van der Waals surface area (Å²) in [5.41, 5.74) is 12.2. The number of rotatable bonds is 2. The third kappa shape index (κ3) is 4.20. The van der Waals surface area contributed by atoms with E-state index in [-0.39, 0.29) is 36.9 Å². The van der Waals surface area contributed by atoms with E-state index in [0.29, 0.717) is 31.3 Å². The molecule has 0 radical (unpaired) electrons. The van der Waals surface area contributed by atoms with Crippen LogP contribution in [0.2, 0.25) is 0 Å². The third-order valence-corrected chi connectivity index (χ3v) is 4.45. The van der Waals surface area contributed by atoms with Crippen LogP contribution in [0.4, 0.5) is 13.2 Å². The molecule has 21 heavy (non-hydrogen) atoms. The van der Waals surface area contributed by atoms with E-state index in [9.17, 15) is 18.0 Å². The summed E-state index contributed by atoms with van der Waals surface area (Å²) in [6.07, 6.45) is -0.326. The van der Waals surface area contributed by atoms with Gasteiger partial charge < -0.3 is 16.8 Å². The number of hydrogen-bond acceptors (Lipinski definition) is 3. The molecule has 1 amide bonds. The number of halogens is 3. The maximum atomic E-state index is 12.6. The Morgan fingerprint density at radius 2 is 1.76 bits per heavy atom. The summed E-state index contributed by atoms with van der Waals surface area (Å²) in [6.45, 7) is 0. The predicted octanol–water partition coefficient (Wildman–Crippen LogP) is 1.60. The van der Waals surface area contributed by atoms with Crippen LogP contribution in [0.15, 0.2) is 11.6 Å². The van der Waals surface area contributed by atoms with E-state index in [1.807, 2.05) is 0 Å². The lowest BCUT2D eigenvalue weighted by molar-refractivity contribution is -0.182. The van der Waals surface area contributed by atoms with Gasteiger partial charge in [-0.2, -0.15) is 13.2 Å². The quantitative estimate of drug-likeness (QED) is 0.725. The maximum Gasteiger partial charge on any atom is 0.391 e. The summed E-state index contributed by atoms with van der Waals surface area (Å²) in [6, 6.07) is -0.645. The zero-order chi connectivity index (χ0) is 15.6. The van der Waals surface area contributed by atoms with Gasteiger partial charge in [0.2, 0.25) is 5.91 Å². The lowest BCUT2D eigenvalue weighted by Gasteiger charge is -2.31. The number of carbonyl (C=O) groups is 1. The molecule has 0 saturated heterocycles. The summed E-state index contributed by atoms with van der Waals surface area (Å²) in [7, 11) is 0. The van der Waals surface area contributed by atoms with Gasteiger partial charge in [-0.1, -0.05) is 6.08 Å². The van der Waals surface area contributed by atoms with Crippen LogP contribution >= 0.6 is 0 Å². The topological polar surface area (TPSA) is 81.1 Å². The SMILES string of the molecule is NC1C=C(C(=O)N[C@H]2CC[C@@H](C(F)(F)F)CC2)CCC1N. The molecule has 0 bridgehead atoms. The molecule has 1 saturated carbocycles. The van der Waals surface area contributed by atoms with Crippen molar-refractivity contribution in [1.82, 2.24) is 5.32 Å². The first kappa shape index (κ1) is 16.3. The third-order valence-electron chi connectivity index (χ3n) is 4.45. The lowest BCUT2D eigenvalue weighted by atomic mass is 9.85. The smallest absolute Gasteiger partial charge is 0.350 e. The number of hydrogen-bond donors (Lipinski definition) is 3. The van der Waals surface area contributed by atoms with Crippen LogP contribution in [0.1, 0.15) is 38.5 Å². The van der Waals surface area contributed by atoms with Gasteiger partial charge in [0.15, 0.2) is 0 Å². The van der Waals surface area contributed by atoms with Crippen LogP contribution in [0.5, 0.6) is 0 Å². The molecule has 2 aliphatic rings. The molecule has 4 nitrogen and oxygen atoms in total. The summed E-state index contributed by atoms with van der Waals surface area (Å²) in [5, 5.41) is 2.83. The molecule has 2 rings (SSSR count). The van der Waals surface area contributed by atoms with Crippen molar-refractivity contribution in [1.29, 1.82) is 0 Å². The number of nitrogens with two attached hydrogens (primary N) is 2. The number of amides is 1. The van der Waals surface area contributed by atoms with Gasteiger partial charge in [-0.25, -0.2) is 0 Å². The first-order valence-electron chi connectivity index (χ1n) is 7.37. The second kappa shape index (κ2) is 6.36. The van der Waals surface area contributed by atoms with Gasteiger partial charge in [0.05, 0.1) is 5.92 Å². The van der Waals surface area contributed by atoms with Crippen LogP contribution in [0.25, 0.3) is 0 Å². The van der Waals surface area contributed by atoms with Gasteiger partial charge in [-0.3, -0.25) is 4.79 Å². The average Bonchev–Trinajstić information content (AvgIpc) is 2.41. The summed E-state index contributed by atoms with van der Waals surface area (Å²) in [5.74, 6) is -1.45. The molecule has 0 aromatic heterocycles. The van der Waals surface area contributed by atoms with Crippen molar-refractivity contribution in [2.24, 2.45) is 17.4 Å². The minimum absolute atomic E-state index is 0.0812. The van der Waals surface area contributed by atoms with E-state index < -0.39 is 12.1 Å². The van der Waals surface area contributed by atoms with E-state index in [4.69, 9.17) is 11.5 Å². The zero-order valence-electron chi connectivity index (χ0n) is 11.8. The Bertz CT molecular complexity index is 414. The molecule has 0 spiro atoms. The molecule has 1 fully saturated rings. The first-order chi connectivity index (χ1) is 9.77. The van der Waals surface area contributed by atoms with Gasteiger partial charge in [0, 0.05) is 23.7 Å². The Kier molecular flexibility index (Phi) is 4.93. The number of nitrogens with one attached hydrogen (secondary N) is 1. The molecule has 5 N–H and O–H groups in total.